The Morgan fingerprint density at radius 1 is 0.844 bits per heavy atom. The van der Waals surface area contributed by atoms with Gasteiger partial charge in [0.1, 0.15) is 0 Å². The number of fused-ring (bicyclic) bond motifs is 5. The SMILES string of the molecule is CS(=O)(=O)C(F)(F)C(F)(F)C1CC2CC1C1OC(c3ccccc3)(c3ccccc3)OC21. The van der Waals surface area contributed by atoms with Crippen LogP contribution in [0.2, 0.25) is 0 Å². The lowest BCUT2D eigenvalue weighted by atomic mass is 9.81. The summed E-state index contributed by atoms with van der Waals surface area (Å²) >= 11 is 0. The first-order chi connectivity index (χ1) is 15.0. The van der Waals surface area contributed by atoms with Crippen molar-refractivity contribution >= 4 is 9.84 Å². The van der Waals surface area contributed by atoms with Crippen molar-refractivity contribution in [3.63, 3.8) is 0 Å². The van der Waals surface area contributed by atoms with Gasteiger partial charge in [-0.25, -0.2) is 8.42 Å². The lowest BCUT2D eigenvalue weighted by Gasteiger charge is -2.37. The summed E-state index contributed by atoms with van der Waals surface area (Å²) < 4.78 is 94.2. The Kier molecular flexibility index (Phi) is 4.79. The van der Waals surface area contributed by atoms with Crippen LogP contribution in [0, 0.1) is 17.8 Å². The zero-order chi connectivity index (χ0) is 22.9. The predicted octanol–water partition coefficient (Wildman–Crippen LogP) is 4.60. The van der Waals surface area contributed by atoms with Crippen LogP contribution < -0.4 is 0 Å². The van der Waals surface area contributed by atoms with Crippen molar-refractivity contribution < 1.29 is 35.5 Å². The van der Waals surface area contributed by atoms with Gasteiger partial charge in [-0.3, -0.25) is 0 Å². The maximum absolute atomic E-state index is 14.9. The van der Waals surface area contributed by atoms with Crippen LogP contribution in [0.3, 0.4) is 0 Å². The third kappa shape index (κ3) is 2.90. The van der Waals surface area contributed by atoms with E-state index in [0.29, 0.717) is 11.1 Å². The number of hydrogen-bond acceptors (Lipinski definition) is 4. The molecule has 32 heavy (non-hydrogen) atoms. The van der Waals surface area contributed by atoms with Crippen LogP contribution in [0.15, 0.2) is 60.7 Å². The van der Waals surface area contributed by atoms with Crippen LogP contribution in [-0.4, -0.2) is 38.1 Å². The fraction of sp³-hybridized carbons (Fsp3) is 0.478. The van der Waals surface area contributed by atoms with Crippen molar-refractivity contribution in [2.45, 2.75) is 42.0 Å². The second-order valence-electron chi connectivity index (χ2n) is 8.93. The summed E-state index contributed by atoms with van der Waals surface area (Å²) in [6.45, 7) is 0. The molecule has 2 aromatic carbocycles. The van der Waals surface area contributed by atoms with Gasteiger partial charge in [0.25, 0.3) is 0 Å². The number of ether oxygens (including phenoxy) is 2. The van der Waals surface area contributed by atoms with Crippen LogP contribution in [0.5, 0.6) is 0 Å². The number of benzene rings is 2. The molecule has 5 rings (SSSR count). The molecule has 1 heterocycles. The molecule has 0 amide bonds. The highest BCUT2D eigenvalue weighted by Gasteiger charge is 2.74. The van der Waals surface area contributed by atoms with E-state index in [4.69, 9.17) is 9.47 Å². The number of rotatable bonds is 5. The Labute approximate surface area is 183 Å². The van der Waals surface area contributed by atoms with Crippen molar-refractivity contribution in [1.82, 2.24) is 0 Å². The summed E-state index contributed by atoms with van der Waals surface area (Å²) in [5, 5.41) is -5.15. The Bertz CT molecular complexity index is 1070. The number of halogens is 4. The smallest absolute Gasteiger partial charge is 0.336 e. The lowest BCUT2D eigenvalue weighted by molar-refractivity contribution is -0.210. The van der Waals surface area contributed by atoms with Crippen LogP contribution >= 0.6 is 0 Å². The molecule has 4 nitrogen and oxygen atoms in total. The van der Waals surface area contributed by atoms with Gasteiger partial charge in [-0.2, -0.15) is 17.6 Å². The lowest BCUT2D eigenvalue weighted by Crippen LogP contribution is -2.55. The first-order valence-corrected chi connectivity index (χ1v) is 12.3. The van der Waals surface area contributed by atoms with Crippen molar-refractivity contribution in [1.29, 1.82) is 0 Å². The predicted molar refractivity (Wildman–Crippen MR) is 108 cm³/mol. The van der Waals surface area contributed by atoms with E-state index < -0.39 is 56.8 Å². The van der Waals surface area contributed by atoms with E-state index >= 15 is 0 Å². The molecule has 1 saturated heterocycles. The van der Waals surface area contributed by atoms with Gasteiger partial charge < -0.3 is 9.47 Å². The Balaban J connectivity index is 1.52. The van der Waals surface area contributed by atoms with Gasteiger partial charge >= 0.3 is 11.2 Å². The summed E-state index contributed by atoms with van der Waals surface area (Å²) in [4.78, 5) is 0. The van der Waals surface area contributed by atoms with Crippen LogP contribution in [0.4, 0.5) is 17.6 Å². The van der Waals surface area contributed by atoms with Gasteiger partial charge in [0.2, 0.25) is 15.6 Å². The molecule has 172 valence electrons. The normalized spacial score (nSPS) is 31.6. The molecule has 0 radical (unpaired) electrons. The molecule has 2 saturated carbocycles. The van der Waals surface area contributed by atoms with Crippen molar-refractivity contribution in [2.75, 3.05) is 6.26 Å². The molecule has 0 N–H and O–H groups in total. The highest BCUT2D eigenvalue weighted by molar-refractivity contribution is 7.91. The van der Waals surface area contributed by atoms with Gasteiger partial charge in [0.05, 0.1) is 12.2 Å². The third-order valence-electron chi connectivity index (χ3n) is 7.09. The summed E-state index contributed by atoms with van der Waals surface area (Å²) in [5.41, 5.74) is 1.34. The fourth-order valence-corrected chi connectivity index (χ4v) is 6.26. The number of sulfone groups is 1. The monoisotopic (exact) mass is 470 g/mol. The minimum atomic E-state index is -5.30. The summed E-state index contributed by atoms with van der Waals surface area (Å²) in [6, 6.07) is 18.1. The minimum absolute atomic E-state index is 0.141. The third-order valence-corrected chi connectivity index (χ3v) is 8.29. The summed E-state index contributed by atoms with van der Waals surface area (Å²) in [6.07, 6.45) is -1.26. The molecule has 3 aliphatic rings. The molecule has 2 aromatic rings. The maximum Gasteiger partial charge on any atom is 0.407 e. The topological polar surface area (TPSA) is 52.6 Å². The quantitative estimate of drug-likeness (QED) is 0.600. The molecule has 0 spiro atoms. The number of alkyl halides is 4. The standard InChI is InChI=1S/C23H22F4O4S/c1-32(28,29)23(26,27)22(24,25)18-13-14-12-17(18)20-19(14)30-21(31-20,15-8-4-2-5-9-15)16-10-6-3-7-11-16/h2-11,14,17-20H,12-13H2,1H3. The first kappa shape index (κ1) is 21.9. The van der Waals surface area contributed by atoms with Crippen molar-refractivity contribution in [2.24, 2.45) is 17.8 Å². The van der Waals surface area contributed by atoms with E-state index in [2.05, 4.69) is 0 Å². The number of hydrogen-bond donors (Lipinski definition) is 0. The minimum Gasteiger partial charge on any atom is -0.336 e. The molecule has 9 heteroatoms. The molecule has 2 aliphatic carbocycles. The highest BCUT2D eigenvalue weighted by atomic mass is 32.2. The van der Waals surface area contributed by atoms with Gasteiger partial charge in [0, 0.05) is 23.3 Å². The molecule has 1 aliphatic heterocycles. The Hall–Kier alpha value is -1.97. The molecule has 5 unspecified atom stereocenters. The molecule has 0 aromatic heterocycles. The van der Waals surface area contributed by atoms with E-state index in [1.54, 1.807) is 48.5 Å². The average molecular weight is 470 g/mol. The van der Waals surface area contributed by atoms with Crippen LogP contribution in [-0.2, 0) is 25.1 Å². The average Bonchev–Trinajstić information content (AvgIpc) is 3.45. The van der Waals surface area contributed by atoms with Gasteiger partial charge in [0.15, 0.2) is 0 Å². The second-order valence-corrected chi connectivity index (χ2v) is 11.0. The Morgan fingerprint density at radius 3 is 1.84 bits per heavy atom. The van der Waals surface area contributed by atoms with E-state index in [-0.39, 0.29) is 19.1 Å². The van der Waals surface area contributed by atoms with E-state index in [1.165, 1.54) is 0 Å². The molecular formula is C23H22F4O4S. The van der Waals surface area contributed by atoms with Crippen molar-refractivity contribution in [3.8, 4) is 0 Å². The van der Waals surface area contributed by atoms with Crippen molar-refractivity contribution in [3.05, 3.63) is 71.8 Å². The Morgan fingerprint density at radius 2 is 1.34 bits per heavy atom. The van der Waals surface area contributed by atoms with Crippen LogP contribution in [0.25, 0.3) is 0 Å². The fourth-order valence-electron chi connectivity index (χ4n) is 5.62. The van der Waals surface area contributed by atoms with E-state index in [1.807, 2.05) is 12.1 Å². The summed E-state index contributed by atoms with van der Waals surface area (Å²) in [5.74, 6) is -9.24. The van der Waals surface area contributed by atoms with Gasteiger partial charge in [-0.05, 0) is 24.7 Å². The zero-order valence-electron chi connectivity index (χ0n) is 17.1. The largest absolute Gasteiger partial charge is 0.407 e. The zero-order valence-corrected chi connectivity index (χ0v) is 17.9. The summed E-state index contributed by atoms with van der Waals surface area (Å²) in [7, 11) is -5.30. The maximum atomic E-state index is 14.9. The first-order valence-electron chi connectivity index (χ1n) is 10.4. The molecule has 5 atom stereocenters. The second kappa shape index (κ2) is 7.01. The van der Waals surface area contributed by atoms with Gasteiger partial charge in [-0.1, -0.05) is 60.7 Å². The van der Waals surface area contributed by atoms with Crippen LogP contribution in [0.1, 0.15) is 24.0 Å². The van der Waals surface area contributed by atoms with E-state index in [9.17, 15) is 26.0 Å². The van der Waals surface area contributed by atoms with E-state index in [0.717, 1.165) is 0 Å². The molecule has 2 bridgehead atoms. The highest BCUT2D eigenvalue weighted by Crippen LogP contribution is 2.63. The molecular weight excluding hydrogens is 448 g/mol. The molecule has 3 fully saturated rings. The van der Waals surface area contributed by atoms with Gasteiger partial charge in [-0.15, -0.1) is 0 Å².